The van der Waals surface area contributed by atoms with Crippen LogP contribution in [-0.2, 0) is 19.5 Å². The van der Waals surface area contributed by atoms with Crippen molar-refractivity contribution in [2.24, 2.45) is 0 Å². The molecule has 4 heteroatoms. The van der Waals surface area contributed by atoms with Gasteiger partial charge in [0.25, 0.3) is 0 Å². The van der Waals surface area contributed by atoms with Crippen LogP contribution < -0.4 is 0 Å². The predicted molar refractivity (Wildman–Crippen MR) is 108 cm³/mol. The lowest BCUT2D eigenvalue weighted by Gasteiger charge is -2.28. The van der Waals surface area contributed by atoms with Gasteiger partial charge in [0.1, 0.15) is 0 Å². The lowest BCUT2D eigenvalue weighted by Crippen LogP contribution is -2.30. The molecule has 5 rings (SSSR count). The number of nitrogens with one attached hydrogen (secondary N) is 1. The van der Waals surface area contributed by atoms with Crippen LogP contribution in [0.3, 0.4) is 0 Å². The van der Waals surface area contributed by atoms with Crippen molar-refractivity contribution in [3.63, 3.8) is 0 Å². The first-order chi connectivity index (χ1) is 13.3. The Morgan fingerprint density at radius 2 is 2.00 bits per heavy atom. The Kier molecular flexibility index (Phi) is 3.98. The van der Waals surface area contributed by atoms with Gasteiger partial charge in [0.05, 0.1) is 5.69 Å². The number of fused-ring (bicyclic) bond motifs is 2. The Bertz CT molecular complexity index is 1100. The third kappa shape index (κ3) is 3.13. The fourth-order valence-corrected chi connectivity index (χ4v) is 3.90. The summed E-state index contributed by atoms with van der Waals surface area (Å²) >= 11 is 0. The third-order valence-corrected chi connectivity index (χ3v) is 5.36. The van der Waals surface area contributed by atoms with Crippen molar-refractivity contribution in [2.75, 3.05) is 6.54 Å². The van der Waals surface area contributed by atoms with Crippen molar-refractivity contribution >= 4 is 10.9 Å². The first-order valence-electron chi connectivity index (χ1n) is 9.45. The number of aromatic amines is 1. The molecule has 2 aromatic carbocycles. The molecule has 0 radical (unpaired) electrons. The van der Waals surface area contributed by atoms with Crippen molar-refractivity contribution in [1.29, 1.82) is 0 Å². The van der Waals surface area contributed by atoms with E-state index in [4.69, 9.17) is 4.98 Å². The molecule has 1 aliphatic heterocycles. The van der Waals surface area contributed by atoms with Crippen molar-refractivity contribution in [3.05, 3.63) is 83.3 Å². The minimum Gasteiger partial charge on any atom is -0.361 e. The van der Waals surface area contributed by atoms with Crippen molar-refractivity contribution in [3.8, 4) is 11.4 Å². The molecule has 0 spiro atoms. The molecule has 134 valence electrons. The molecular formula is C23H22N4. The molecule has 0 saturated carbocycles. The molecule has 0 atom stereocenters. The average molecular weight is 354 g/mol. The second-order valence-corrected chi connectivity index (χ2v) is 7.36. The molecular weight excluding hydrogens is 332 g/mol. The lowest BCUT2D eigenvalue weighted by atomic mass is 10.0. The summed E-state index contributed by atoms with van der Waals surface area (Å²) in [6, 6.07) is 16.8. The highest BCUT2D eigenvalue weighted by Gasteiger charge is 2.20. The van der Waals surface area contributed by atoms with Gasteiger partial charge in [0.15, 0.2) is 5.82 Å². The van der Waals surface area contributed by atoms with Gasteiger partial charge >= 0.3 is 0 Å². The zero-order valence-corrected chi connectivity index (χ0v) is 15.4. The van der Waals surface area contributed by atoms with E-state index in [2.05, 4.69) is 58.3 Å². The number of H-pyrrole nitrogens is 1. The first kappa shape index (κ1) is 16.2. The van der Waals surface area contributed by atoms with Crippen LogP contribution in [0.25, 0.3) is 22.3 Å². The molecule has 27 heavy (non-hydrogen) atoms. The summed E-state index contributed by atoms with van der Waals surface area (Å²) in [5.41, 5.74) is 7.39. The van der Waals surface area contributed by atoms with E-state index in [9.17, 15) is 0 Å². The number of nitrogens with zero attached hydrogens (tertiary/aromatic N) is 3. The second-order valence-electron chi connectivity index (χ2n) is 7.36. The first-order valence-corrected chi connectivity index (χ1v) is 9.45. The quantitative estimate of drug-likeness (QED) is 0.589. The van der Waals surface area contributed by atoms with Crippen LogP contribution in [0, 0.1) is 6.92 Å². The molecule has 1 aliphatic rings. The highest BCUT2D eigenvalue weighted by atomic mass is 15.1. The molecule has 0 saturated heterocycles. The standard InChI is InChI=1S/C23H22N4/c1-16-7-8-22-20(11-16)18(12-24-22)14-27-10-9-21-19(15-27)13-25-23(26-21)17-5-3-2-4-6-17/h2-8,11-13,24H,9-10,14-15H2,1H3. The summed E-state index contributed by atoms with van der Waals surface area (Å²) in [4.78, 5) is 15.3. The van der Waals surface area contributed by atoms with Crippen molar-refractivity contribution < 1.29 is 0 Å². The minimum atomic E-state index is 0.829. The molecule has 0 unspecified atom stereocenters. The summed E-state index contributed by atoms with van der Waals surface area (Å²) in [5, 5.41) is 1.33. The maximum atomic E-state index is 4.83. The summed E-state index contributed by atoms with van der Waals surface area (Å²) in [6.07, 6.45) is 5.13. The molecule has 2 aromatic heterocycles. The van der Waals surface area contributed by atoms with E-state index in [0.717, 1.165) is 37.4 Å². The number of aryl methyl sites for hydroxylation is 1. The van der Waals surface area contributed by atoms with E-state index in [1.165, 1.54) is 33.3 Å². The zero-order chi connectivity index (χ0) is 18.2. The van der Waals surface area contributed by atoms with Crippen LogP contribution in [0.15, 0.2) is 60.9 Å². The summed E-state index contributed by atoms with van der Waals surface area (Å²) < 4.78 is 0. The van der Waals surface area contributed by atoms with Gasteiger partial charge in [0.2, 0.25) is 0 Å². The van der Waals surface area contributed by atoms with Gasteiger partial charge in [0, 0.05) is 60.5 Å². The molecule has 0 bridgehead atoms. The topological polar surface area (TPSA) is 44.8 Å². The van der Waals surface area contributed by atoms with Gasteiger partial charge in [-0.25, -0.2) is 9.97 Å². The van der Waals surface area contributed by atoms with Crippen LogP contribution >= 0.6 is 0 Å². The molecule has 3 heterocycles. The number of hydrogen-bond acceptors (Lipinski definition) is 3. The fraction of sp³-hybridized carbons (Fsp3) is 0.217. The number of hydrogen-bond donors (Lipinski definition) is 1. The molecule has 0 fully saturated rings. The van der Waals surface area contributed by atoms with Gasteiger partial charge in [-0.2, -0.15) is 0 Å². The van der Waals surface area contributed by atoms with E-state index in [1.807, 2.05) is 24.4 Å². The van der Waals surface area contributed by atoms with Crippen LogP contribution in [0.2, 0.25) is 0 Å². The Hall–Kier alpha value is -2.98. The Morgan fingerprint density at radius 1 is 1.11 bits per heavy atom. The molecule has 4 aromatic rings. The number of benzene rings is 2. The molecule has 1 N–H and O–H groups in total. The lowest BCUT2D eigenvalue weighted by molar-refractivity contribution is 0.244. The zero-order valence-electron chi connectivity index (χ0n) is 15.4. The van der Waals surface area contributed by atoms with Gasteiger partial charge in [-0.05, 0) is 24.6 Å². The van der Waals surface area contributed by atoms with E-state index < -0.39 is 0 Å². The Labute approximate surface area is 158 Å². The van der Waals surface area contributed by atoms with E-state index in [1.54, 1.807) is 0 Å². The van der Waals surface area contributed by atoms with Crippen LogP contribution in [0.4, 0.5) is 0 Å². The molecule has 0 aliphatic carbocycles. The summed E-state index contributed by atoms with van der Waals surface area (Å²) in [6.45, 7) is 5.03. The van der Waals surface area contributed by atoms with Crippen LogP contribution in [0.5, 0.6) is 0 Å². The minimum absolute atomic E-state index is 0.829. The van der Waals surface area contributed by atoms with Crippen molar-refractivity contribution in [1.82, 2.24) is 19.9 Å². The molecule has 4 nitrogen and oxygen atoms in total. The monoisotopic (exact) mass is 354 g/mol. The largest absolute Gasteiger partial charge is 0.361 e. The maximum Gasteiger partial charge on any atom is 0.159 e. The predicted octanol–water partition coefficient (Wildman–Crippen LogP) is 4.49. The van der Waals surface area contributed by atoms with Crippen LogP contribution in [0.1, 0.15) is 22.4 Å². The normalized spacial score (nSPS) is 14.4. The maximum absolute atomic E-state index is 4.83. The van der Waals surface area contributed by atoms with Gasteiger partial charge in [-0.1, -0.05) is 42.0 Å². The Morgan fingerprint density at radius 3 is 2.89 bits per heavy atom. The highest BCUT2D eigenvalue weighted by molar-refractivity contribution is 5.83. The summed E-state index contributed by atoms with van der Waals surface area (Å²) in [5.74, 6) is 0.829. The average Bonchev–Trinajstić information content (AvgIpc) is 3.10. The van der Waals surface area contributed by atoms with Gasteiger partial charge in [-0.3, -0.25) is 4.90 Å². The molecule has 0 amide bonds. The highest BCUT2D eigenvalue weighted by Crippen LogP contribution is 2.25. The van der Waals surface area contributed by atoms with Gasteiger partial charge < -0.3 is 4.98 Å². The van der Waals surface area contributed by atoms with E-state index >= 15 is 0 Å². The fourth-order valence-electron chi connectivity index (χ4n) is 3.90. The number of aromatic nitrogens is 3. The van der Waals surface area contributed by atoms with E-state index in [-0.39, 0.29) is 0 Å². The van der Waals surface area contributed by atoms with Crippen molar-refractivity contribution in [2.45, 2.75) is 26.4 Å². The van der Waals surface area contributed by atoms with Gasteiger partial charge in [-0.15, -0.1) is 0 Å². The van der Waals surface area contributed by atoms with Crippen LogP contribution in [-0.4, -0.2) is 26.4 Å². The van der Waals surface area contributed by atoms with E-state index in [0.29, 0.717) is 0 Å². The second kappa shape index (κ2) is 6.63. The SMILES string of the molecule is Cc1ccc2[nH]cc(CN3CCc4nc(-c5ccccc5)ncc4C3)c2c1. The third-order valence-electron chi connectivity index (χ3n) is 5.36. The number of rotatable bonds is 3. The smallest absolute Gasteiger partial charge is 0.159 e. The Balaban J connectivity index is 1.37. The summed E-state index contributed by atoms with van der Waals surface area (Å²) in [7, 11) is 0.